The zero-order chi connectivity index (χ0) is 9.99. The third-order valence-electron chi connectivity index (χ3n) is 3.03. The lowest BCUT2D eigenvalue weighted by Gasteiger charge is -2.44. The van der Waals surface area contributed by atoms with Gasteiger partial charge < -0.3 is 14.4 Å². The standard InChI is InChI=1S/C9H19NO2/c1-6-9(2,3)10(4,5)7-8(11)12/h6-7H2,1-5H3. The van der Waals surface area contributed by atoms with Crippen LogP contribution in [0.3, 0.4) is 0 Å². The van der Waals surface area contributed by atoms with Crippen molar-refractivity contribution in [3.63, 3.8) is 0 Å². The smallest absolute Gasteiger partial charge is 0.119 e. The summed E-state index contributed by atoms with van der Waals surface area (Å²) >= 11 is 0. The van der Waals surface area contributed by atoms with E-state index >= 15 is 0 Å². The molecule has 0 unspecified atom stereocenters. The van der Waals surface area contributed by atoms with Crippen LogP contribution in [0.4, 0.5) is 0 Å². The SMILES string of the molecule is CCC(C)(C)[N+](C)(C)CC(=O)[O-]. The predicted octanol–water partition coefficient (Wildman–Crippen LogP) is 0.00130. The monoisotopic (exact) mass is 173 g/mol. The molecule has 3 nitrogen and oxygen atoms in total. The summed E-state index contributed by atoms with van der Waals surface area (Å²) in [5.41, 5.74) is -0.0138. The van der Waals surface area contributed by atoms with Crippen LogP contribution in [0.15, 0.2) is 0 Å². The zero-order valence-electron chi connectivity index (χ0n) is 8.68. The van der Waals surface area contributed by atoms with Crippen molar-refractivity contribution in [2.24, 2.45) is 0 Å². The summed E-state index contributed by atoms with van der Waals surface area (Å²) in [5, 5.41) is 10.5. The van der Waals surface area contributed by atoms with Gasteiger partial charge in [0, 0.05) is 0 Å². The maximum Gasteiger partial charge on any atom is 0.119 e. The van der Waals surface area contributed by atoms with Gasteiger partial charge in [0.2, 0.25) is 0 Å². The molecule has 0 bridgehead atoms. The van der Waals surface area contributed by atoms with Crippen LogP contribution in [0.25, 0.3) is 0 Å². The Labute approximate surface area is 74.6 Å². The van der Waals surface area contributed by atoms with Gasteiger partial charge in [-0.1, -0.05) is 6.92 Å². The number of carbonyl (C=O) groups is 1. The minimum Gasteiger partial charge on any atom is -0.544 e. The minimum absolute atomic E-state index is 0.0138. The number of likely N-dealkylation sites (N-methyl/N-ethyl adjacent to an activating group) is 1. The molecule has 0 saturated heterocycles. The van der Waals surface area contributed by atoms with Crippen LogP contribution in [0, 0.1) is 0 Å². The summed E-state index contributed by atoms with van der Waals surface area (Å²) < 4.78 is 0.464. The van der Waals surface area contributed by atoms with Gasteiger partial charge in [0.1, 0.15) is 6.54 Å². The lowest BCUT2D eigenvalue weighted by Crippen LogP contribution is -2.59. The largest absolute Gasteiger partial charge is 0.544 e. The number of carbonyl (C=O) groups excluding carboxylic acids is 1. The van der Waals surface area contributed by atoms with Crippen LogP contribution in [-0.4, -0.2) is 36.6 Å². The molecular formula is C9H19NO2. The van der Waals surface area contributed by atoms with Crippen LogP contribution < -0.4 is 5.11 Å². The van der Waals surface area contributed by atoms with Crippen LogP contribution >= 0.6 is 0 Å². The quantitative estimate of drug-likeness (QED) is 0.561. The first-order chi connectivity index (χ1) is 5.23. The average molecular weight is 173 g/mol. The Kier molecular flexibility index (Phi) is 3.27. The van der Waals surface area contributed by atoms with Crippen molar-refractivity contribution in [3.8, 4) is 0 Å². The Morgan fingerprint density at radius 3 is 2.08 bits per heavy atom. The summed E-state index contributed by atoms with van der Waals surface area (Å²) in [4.78, 5) is 10.5. The molecule has 0 rings (SSSR count). The van der Waals surface area contributed by atoms with E-state index in [4.69, 9.17) is 0 Å². The van der Waals surface area contributed by atoms with E-state index in [1.165, 1.54) is 0 Å². The fraction of sp³-hybridized carbons (Fsp3) is 0.889. The number of carboxylic acid groups (broad SMARTS) is 1. The molecule has 0 heterocycles. The lowest BCUT2D eigenvalue weighted by atomic mass is 9.97. The molecule has 0 saturated carbocycles. The second-order valence-corrected chi connectivity index (χ2v) is 4.38. The summed E-state index contributed by atoms with van der Waals surface area (Å²) in [6.07, 6.45) is 0.952. The fourth-order valence-electron chi connectivity index (χ4n) is 0.965. The Hall–Kier alpha value is -0.570. The van der Waals surface area contributed by atoms with Crippen molar-refractivity contribution in [2.45, 2.75) is 32.7 Å². The third-order valence-corrected chi connectivity index (χ3v) is 3.03. The number of nitrogens with zero attached hydrogens (tertiary/aromatic N) is 1. The highest BCUT2D eigenvalue weighted by atomic mass is 16.4. The predicted molar refractivity (Wildman–Crippen MR) is 46.4 cm³/mol. The Balaban J connectivity index is 4.48. The van der Waals surface area contributed by atoms with Gasteiger partial charge >= 0.3 is 0 Å². The first-order valence-electron chi connectivity index (χ1n) is 4.26. The summed E-state index contributed by atoms with van der Waals surface area (Å²) in [7, 11) is 3.83. The van der Waals surface area contributed by atoms with E-state index in [0.717, 1.165) is 6.42 Å². The summed E-state index contributed by atoms with van der Waals surface area (Å²) in [6.45, 7) is 6.27. The number of rotatable bonds is 4. The highest BCUT2D eigenvalue weighted by molar-refractivity contribution is 5.65. The molecule has 0 spiro atoms. The first kappa shape index (κ1) is 11.4. The van der Waals surface area contributed by atoms with E-state index in [0.29, 0.717) is 4.48 Å². The number of hydrogen-bond donors (Lipinski definition) is 0. The van der Waals surface area contributed by atoms with Gasteiger partial charge in [-0.25, -0.2) is 0 Å². The normalized spacial score (nSPS) is 13.1. The molecule has 12 heavy (non-hydrogen) atoms. The van der Waals surface area contributed by atoms with Gasteiger partial charge in [0.15, 0.2) is 0 Å². The van der Waals surface area contributed by atoms with E-state index in [-0.39, 0.29) is 12.1 Å². The van der Waals surface area contributed by atoms with E-state index in [2.05, 4.69) is 20.8 Å². The fourth-order valence-corrected chi connectivity index (χ4v) is 0.965. The highest BCUT2D eigenvalue weighted by Gasteiger charge is 2.34. The van der Waals surface area contributed by atoms with Crippen molar-refractivity contribution in [1.82, 2.24) is 0 Å². The van der Waals surface area contributed by atoms with Crippen molar-refractivity contribution in [1.29, 1.82) is 0 Å². The summed E-state index contributed by atoms with van der Waals surface area (Å²) in [5.74, 6) is -0.985. The molecule has 0 fully saturated rings. The molecule has 0 N–H and O–H groups in total. The van der Waals surface area contributed by atoms with Gasteiger partial charge in [-0.15, -0.1) is 0 Å². The molecule has 0 amide bonds. The highest BCUT2D eigenvalue weighted by Crippen LogP contribution is 2.22. The van der Waals surface area contributed by atoms with Gasteiger partial charge in [0.05, 0.1) is 25.6 Å². The molecule has 0 aromatic rings. The molecule has 0 radical (unpaired) electrons. The maximum atomic E-state index is 10.5. The van der Waals surface area contributed by atoms with Gasteiger partial charge in [0.25, 0.3) is 0 Å². The van der Waals surface area contributed by atoms with E-state index in [1.54, 1.807) is 0 Å². The van der Waals surface area contributed by atoms with Crippen LogP contribution in [0.5, 0.6) is 0 Å². The average Bonchev–Trinajstić information content (AvgIpc) is 1.84. The van der Waals surface area contributed by atoms with Gasteiger partial charge in [-0.05, 0) is 20.3 Å². The van der Waals surface area contributed by atoms with Crippen LogP contribution in [-0.2, 0) is 4.79 Å². The van der Waals surface area contributed by atoms with E-state index in [1.807, 2.05) is 14.1 Å². The van der Waals surface area contributed by atoms with E-state index in [9.17, 15) is 9.90 Å². The zero-order valence-corrected chi connectivity index (χ0v) is 8.68. The maximum absolute atomic E-state index is 10.5. The Morgan fingerprint density at radius 2 is 1.83 bits per heavy atom. The molecular weight excluding hydrogens is 154 g/mol. The third kappa shape index (κ3) is 2.48. The molecule has 0 atom stereocenters. The molecule has 0 aromatic carbocycles. The second kappa shape index (κ2) is 3.44. The number of quaternary nitrogens is 1. The van der Waals surface area contributed by atoms with Crippen LogP contribution in [0.2, 0.25) is 0 Å². The molecule has 0 aliphatic rings. The molecule has 0 aliphatic carbocycles. The lowest BCUT2D eigenvalue weighted by molar-refractivity contribution is -0.932. The van der Waals surface area contributed by atoms with Gasteiger partial charge in [-0.2, -0.15) is 0 Å². The molecule has 3 heteroatoms. The number of carboxylic acids is 1. The molecule has 72 valence electrons. The topological polar surface area (TPSA) is 40.1 Å². The minimum atomic E-state index is -0.985. The summed E-state index contributed by atoms with van der Waals surface area (Å²) in [6, 6.07) is 0. The van der Waals surface area contributed by atoms with Crippen LogP contribution in [0.1, 0.15) is 27.2 Å². The second-order valence-electron chi connectivity index (χ2n) is 4.38. The van der Waals surface area contributed by atoms with Crippen molar-refractivity contribution in [3.05, 3.63) is 0 Å². The Bertz CT molecular complexity index is 173. The van der Waals surface area contributed by atoms with Crippen molar-refractivity contribution in [2.75, 3.05) is 20.6 Å². The van der Waals surface area contributed by atoms with Crippen molar-refractivity contribution < 1.29 is 14.4 Å². The Morgan fingerprint density at radius 1 is 1.42 bits per heavy atom. The number of hydrogen-bond acceptors (Lipinski definition) is 2. The first-order valence-corrected chi connectivity index (χ1v) is 4.26. The van der Waals surface area contributed by atoms with Gasteiger partial charge in [-0.3, -0.25) is 0 Å². The van der Waals surface area contributed by atoms with E-state index < -0.39 is 5.97 Å². The molecule has 0 aromatic heterocycles. The number of aliphatic carboxylic acids is 1. The molecule has 0 aliphatic heterocycles. The van der Waals surface area contributed by atoms with Crippen molar-refractivity contribution >= 4 is 5.97 Å².